The van der Waals surface area contributed by atoms with E-state index in [4.69, 9.17) is 14.2 Å². The van der Waals surface area contributed by atoms with Crippen molar-refractivity contribution in [2.45, 2.75) is 194 Å². The van der Waals surface area contributed by atoms with Crippen LogP contribution in [0.3, 0.4) is 0 Å². The van der Waals surface area contributed by atoms with E-state index in [1.165, 1.54) is 109 Å². The predicted molar refractivity (Wildman–Crippen MR) is 164 cm³/mol. The third-order valence-corrected chi connectivity index (χ3v) is 7.96. The maximum atomic E-state index is 12.1. The number of alkyl halides is 3. The van der Waals surface area contributed by atoms with Crippen LogP contribution in [0.5, 0.6) is 0 Å². The summed E-state index contributed by atoms with van der Waals surface area (Å²) in [5.41, 5.74) is 0. The van der Waals surface area contributed by atoms with Crippen LogP contribution in [0.25, 0.3) is 0 Å². The maximum Gasteiger partial charge on any atom is 0.389 e. The Labute approximate surface area is 247 Å². The second-order valence-electron chi connectivity index (χ2n) is 11.6. The van der Waals surface area contributed by atoms with E-state index in [0.29, 0.717) is 26.2 Å². The molecule has 1 unspecified atom stereocenters. The monoisotopic (exact) mass is 581 g/mol. The molecule has 0 aliphatic carbocycles. The molecule has 0 bridgehead atoms. The van der Waals surface area contributed by atoms with Gasteiger partial charge in [0.15, 0.2) is 0 Å². The highest BCUT2D eigenvalue weighted by Gasteiger charge is 2.41. The van der Waals surface area contributed by atoms with Gasteiger partial charge in [-0.3, -0.25) is 0 Å². The summed E-state index contributed by atoms with van der Waals surface area (Å²) in [6.07, 6.45) is 22.4. The first-order chi connectivity index (χ1) is 19.3. The van der Waals surface area contributed by atoms with Gasteiger partial charge in [0.05, 0.1) is 0 Å². The summed E-state index contributed by atoms with van der Waals surface area (Å²) < 4.78 is 54.9. The van der Waals surface area contributed by atoms with Crippen molar-refractivity contribution in [3.05, 3.63) is 0 Å². The van der Waals surface area contributed by atoms with Gasteiger partial charge in [0, 0.05) is 32.2 Å². The fourth-order valence-electron chi connectivity index (χ4n) is 5.77. The Kier molecular flexibility index (Phi) is 27.3. The average Bonchev–Trinajstić information content (AvgIpc) is 2.90. The lowest BCUT2D eigenvalue weighted by Crippen LogP contribution is -2.46. The van der Waals surface area contributed by atoms with Crippen LogP contribution < -0.4 is 0 Å². The molecular weight excluding hydrogens is 513 g/mol. The summed E-state index contributed by atoms with van der Waals surface area (Å²) >= 11 is 0. The SMILES string of the molecule is CCCCCCCCC(CCCCCCCCCCCCCCCCCC(F)(F)F)C(OCC)(OCC)OCC. The summed E-state index contributed by atoms with van der Waals surface area (Å²) in [5, 5.41) is 0. The van der Waals surface area contributed by atoms with Crippen molar-refractivity contribution in [1.29, 1.82) is 0 Å². The summed E-state index contributed by atoms with van der Waals surface area (Å²) in [6.45, 7) is 10.1. The minimum atomic E-state index is -3.99. The molecular formula is C34H67F3O3. The molecule has 6 heteroatoms. The minimum Gasteiger partial charge on any atom is -0.328 e. The quantitative estimate of drug-likeness (QED) is 0.0603. The number of unbranched alkanes of at least 4 members (excludes halogenated alkanes) is 19. The third-order valence-electron chi connectivity index (χ3n) is 7.96. The van der Waals surface area contributed by atoms with Crippen LogP contribution in [0.4, 0.5) is 13.2 Å². The number of ether oxygens (including phenoxy) is 3. The Morgan fingerprint density at radius 2 is 0.725 bits per heavy atom. The van der Waals surface area contributed by atoms with Crippen LogP contribution in [-0.4, -0.2) is 32.0 Å². The van der Waals surface area contributed by atoms with E-state index in [0.717, 1.165) is 25.7 Å². The Morgan fingerprint density at radius 1 is 0.425 bits per heavy atom. The van der Waals surface area contributed by atoms with Gasteiger partial charge in [0.25, 0.3) is 5.97 Å². The molecule has 0 aliphatic heterocycles. The number of halogens is 3. The van der Waals surface area contributed by atoms with Gasteiger partial charge in [-0.1, -0.05) is 135 Å². The minimum absolute atomic E-state index is 0.276. The lowest BCUT2D eigenvalue weighted by Gasteiger charge is -2.39. The topological polar surface area (TPSA) is 27.7 Å². The van der Waals surface area contributed by atoms with Crippen LogP contribution in [0.2, 0.25) is 0 Å². The molecule has 0 saturated heterocycles. The molecule has 0 amide bonds. The van der Waals surface area contributed by atoms with Crippen molar-refractivity contribution in [1.82, 2.24) is 0 Å². The third kappa shape index (κ3) is 23.3. The molecule has 1 atom stereocenters. The van der Waals surface area contributed by atoms with E-state index < -0.39 is 18.6 Å². The predicted octanol–water partition coefficient (Wildman–Crippen LogP) is 12.3. The summed E-state index contributed by atoms with van der Waals surface area (Å²) in [4.78, 5) is 0. The van der Waals surface area contributed by atoms with E-state index in [1.54, 1.807) is 0 Å². The van der Waals surface area contributed by atoms with Crippen LogP contribution in [0, 0.1) is 5.92 Å². The molecule has 0 aliphatic rings. The summed E-state index contributed by atoms with van der Waals surface area (Å²) in [7, 11) is 0. The largest absolute Gasteiger partial charge is 0.389 e. The highest BCUT2D eigenvalue weighted by molar-refractivity contribution is 4.73. The Bertz CT molecular complexity index is 496. The highest BCUT2D eigenvalue weighted by atomic mass is 19.4. The van der Waals surface area contributed by atoms with Crippen molar-refractivity contribution in [3.63, 3.8) is 0 Å². The average molecular weight is 581 g/mol. The Hall–Kier alpha value is -0.330. The molecule has 40 heavy (non-hydrogen) atoms. The molecule has 0 aromatic carbocycles. The fraction of sp³-hybridized carbons (Fsp3) is 1.00. The van der Waals surface area contributed by atoms with Gasteiger partial charge in [0.1, 0.15) is 0 Å². The van der Waals surface area contributed by atoms with E-state index in [1.807, 2.05) is 20.8 Å². The fourth-order valence-corrected chi connectivity index (χ4v) is 5.77. The van der Waals surface area contributed by atoms with E-state index in [-0.39, 0.29) is 12.3 Å². The number of hydrogen-bond donors (Lipinski definition) is 0. The van der Waals surface area contributed by atoms with Gasteiger partial charge in [-0.2, -0.15) is 13.2 Å². The van der Waals surface area contributed by atoms with E-state index >= 15 is 0 Å². The molecule has 0 rings (SSSR count). The van der Waals surface area contributed by atoms with Crippen molar-refractivity contribution < 1.29 is 27.4 Å². The first-order valence-corrected chi connectivity index (χ1v) is 17.3. The molecule has 0 aromatic rings. The van der Waals surface area contributed by atoms with E-state index in [9.17, 15) is 13.2 Å². The van der Waals surface area contributed by atoms with Crippen LogP contribution in [0.1, 0.15) is 182 Å². The zero-order valence-corrected chi connectivity index (χ0v) is 27.0. The molecule has 242 valence electrons. The molecule has 0 aromatic heterocycles. The summed E-state index contributed by atoms with van der Waals surface area (Å²) in [6, 6.07) is 0. The highest BCUT2D eigenvalue weighted by Crippen LogP contribution is 2.34. The first-order valence-electron chi connectivity index (χ1n) is 17.3. The first kappa shape index (κ1) is 39.7. The Balaban J connectivity index is 4.06. The van der Waals surface area contributed by atoms with Crippen molar-refractivity contribution >= 4 is 0 Å². The summed E-state index contributed by atoms with van der Waals surface area (Å²) in [5.74, 6) is -0.618. The van der Waals surface area contributed by atoms with E-state index in [2.05, 4.69) is 6.92 Å². The standard InChI is InChI=1S/C34H67F3O3/c1-5-9-10-11-23-26-29-32(34(38-6-2,39-7-3)40-8-4)30-27-24-21-19-17-15-13-12-14-16-18-20-22-25-28-31-33(35,36)37/h32H,5-31H2,1-4H3. The van der Waals surface area contributed by atoms with Gasteiger partial charge in [-0.05, 0) is 40.0 Å². The van der Waals surface area contributed by atoms with Crippen LogP contribution >= 0.6 is 0 Å². The van der Waals surface area contributed by atoms with Crippen molar-refractivity contribution in [2.75, 3.05) is 19.8 Å². The normalized spacial score (nSPS) is 13.3. The zero-order chi connectivity index (χ0) is 29.8. The Morgan fingerprint density at radius 3 is 1.02 bits per heavy atom. The second-order valence-corrected chi connectivity index (χ2v) is 11.6. The van der Waals surface area contributed by atoms with Gasteiger partial charge in [-0.25, -0.2) is 0 Å². The zero-order valence-electron chi connectivity index (χ0n) is 27.0. The van der Waals surface area contributed by atoms with Gasteiger partial charge in [-0.15, -0.1) is 0 Å². The molecule has 0 heterocycles. The van der Waals surface area contributed by atoms with Gasteiger partial charge >= 0.3 is 6.18 Å². The van der Waals surface area contributed by atoms with Crippen molar-refractivity contribution in [2.24, 2.45) is 5.92 Å². The lowest BCUT2D eigenvalue weighted by molar-refractivity contribution is -0.403. The maximum absolute atomic E-state index is 12.1. The molecule has 0 fully saturated rings. The lowest BCUT2D eigenvalue weighted by atomic mass is 9.91. The number of hydrogen-bond acceptors (Lipinski definition) is 3. The molecule has 0 saturated carbocycles. The van der Waals surface area contributed by atoms with Crippen LogP contribution in [0.15, 0.2) is 0 Å². The second kappa shape index (κ2) is 27.5. The molecule has 0 spiro atoms. The van der Waals surface area contributed by atoms with Crippen molar-refractivity contribution in [3.8, 4) is 0 Å². The smallest absolute Gasteiger partial charge is 0.328 e. The number of rotatable bonds is 31. The van der Waals surface area contributed by atoms with Gasteiger partial charge < -0.3 is 14.2 Å². The van der Waals surface area contributed by atoms with Crippen LogP contribution in [-0.2, 0) is 14.2 Å². The molecule has 3 nitrogen and oxygen atoms in total. The molecule has 0 radical (unpaired) electrons. The van der Waals surface area contributed by atoms with Gasteiger partial charge in [0.2, 0.25) is 0 Å². The molecule has 0 N–H and O–H groups in total.